The molecule has 0 aliphatic heterocycles. The van der Waals surface area contributed by atoms with Crippen LogP contribution in [0.25, 0.3) is 0 Å². The molecular weight excluding hydrogens is 296 g/mol. The summed E-state index contributed by atoms with van der Waals surface area (Å²) < 4.78 is 29.7. The normalized spacial score (nSPS) is 15.3. The van der Waals surface area contributed by atoms with Gasteiger partial charge in [-0.1, -0.05) is 20.3 Å². The van der Waals surface area contributed by atoms with Gasteiger partial charge in [-0.25, -0.2) is 12.7 Å². The van der Waals surface area contributed by atoms with Gasteiger partial charge in [0.2, 0.25) is 10.0 Å². The second kappa shape index (κ2) is 6.73. The summed E-state index contributed by atoms with van der Waals surface area (Å²) in [6, 6.07) is 0.168. The molecule has 1 rings (SSSR count). The zero-order chi connectivity index (χ0) is 15.5. The van der Waals surface area contributed by atoms with Gasteiger partial charge in [0.15, 0.2) is 10.7 Å². The Balaban J connectivity index is 2.99. The minimum Gasteiger partial charge on any atom is -0.382 e. The summed E-state index contributed by atoms with van der Waals surface area (Å²) in [6.07, 6.45) is 2.06. The van der Waals surface area contributed by atoms with E-state index in [4.69, 9.17) is 5.73 Å². The van der Waals surface area contributed by atoms with E-state index < -0.39 is 10.0 Å². The van der Waals surface area contributed by atoms with Crippen LogP contribution in [0.4, 0.5) is 10.8 Å². The summed E-state index contributed by atoms with van der Waals surface area (Å²) in [5.74, 6) is 0.638. The lowest BCUT2D eigenvalue weighted by molar-refractivity contribution is 0.483. The first kappa shape index (κ1) is 17.2. The van der Waals surface area contributed by atoms with Crippen molar-refractivity contribution in [3.05, 3.63) is 0 Å². The Morgan fingerprint density at radius 1 is 1.40 bits per heavy atom. The van der Waals surface area contributed by atoms with E-state index in [1.165, 1.54) is 14.1 Å². The lowest BCUT2D eigenvalue weighted by Crippen LogP contribution is -2.25. The first-order valence-electron chi connectivity index (χ1n) is 6.64. The van der Waals surface area contributed by atoms with Crippen molar-refractivity contribution in [2.75, 3.05) is 25.1 Å². The third-order valence-electron chi connectivity index (χ3n) is 3.24. The number of sulfonamides is 1. The van der Waals surface area contributed by atoms with Crippen LogP contribution in [-0.4, -0.2) is 37.2 Å². The zero-order valence-corrected chi connectivity index (χ0v) is 14.3. The van der Waals surface area contributed by atoms with Crippen LogP contribution in [-0.2, 0) is 10.0 Å². The van der Waals surface area contributed by atoms with E-state index in [0.29, 0.717) is 10.9 Å². The molecule has 0 fully saturated rings. The molecular formula is C12H24N4O2S2. The average Bonchev–Trinajstić information content (AvgIpc) is 2.70. The molecule has 0 radical (unpaired) electrons. The number of hydrogen-bond acceptors (Lipinski definition) is 6. The van der Waals surface area contributed by atoms with Crippen LogP contribution in [0.2, 0.25) is 0 Å². The molecule has 0 saturated carbocycles. The summed E-state index contributed by atoms with van der Waals surface area (Å²) in [7, 11) is -0.611. The SMILES string of the molecule is CCC(C)CC(C)Nc1snc(N)c1S(=O)(=O)N(C)C. The van der Waals surface area contributed by atoms with E-state index in [2.05, 4.69) is 23.5 Å². The van der Waals surface area contributed by atoms with Crippen LogP contribution in [0.5, 0.6) is 0 Å². The molecule has 2 atom stereocenters. The summed E-state index contributed by atoms with van der Waals surface area (Å²) in [6.45, 7) is 6.36. The molecule has 1 aromatic heterocycles. The van der Waals surface area contributed by atoms with Crippen LogP contribution in [0, 0.1) is 5.92 Å². The lowest BCUT2D eigenvalue weighted by Gasteiger charge is -2.19. The van der Waals surface area contributed by atoms with Gasteiger partial charge < -0.3 is 11.1 Å². The van der Waals surface area contributed by atoms with Crippen molar-refractivity contribution in [3.63, 3.8) is 0 Å². The van der Waals surface area contributed by atoms with E-state index in [-0.39, 0.29) is 16.8 Å². The zero-order valence-electron chi connectivity index (χ0n) is 12.7. The molecule has 8 heteroatoms. The van der Waals surface area contributed by atoms with Crippen molar-refractivity contribution in [1.82, 2.24) is 8.68 Å². The first-order valence-corrected chi connectivity index (χ1v) is 8.85. The molecule has 1 aromatic rings. The molecule has 6 nitrogen and oxygen atoms in total. The second-order valence-electron chi connectivity index (χ2n) is 5.31. The predicted octanol–water partition coefficient (Wildman–Crippen LogP) is 2.21. The maximum Gasteiger partial charge on any atom is 0.249 e. The fraction of sp³-hybridized carbons (Fsp3) is 0.750. The third kappa shape index (κ3) is 3.83. The summed E-state index contributed by atoms with van der Waals surface area (Å²) in [5.41, 5.74) is 5.72. The maximum absolute atomic E-state index is 12.3. The van der Waals surface area contributed by atoms with Crippen molar-refractivity contribution < 1.29 is 8.42 Å². The van der Waals surface area contributed by atoms with E-state index in [1.807, 2.05) is 6.92 Å². The highest BCUT2D eigenvalue weighted by Gasteiger charge is 2.28. The number of anilines is 2. The summed E-state index contributed by atoms with van der Waals surface area (Å²) in [4.78, 5) is 0.0866. The Labute approximate surface area is 125 Å². The highest BCUT2D eigenvalue weighted by molar-refractivity contribution is 7.89. The molecule has 116 valence electrons. The Morgan fingerprint density at radius 2 is 2.00 bits per heavy atom. The van der Waals surface area contributed by atoms with Crippen LogP contribution in [0.3, 0.4) is 0 Å². The molecule has 20 heavy (non-hydrogen) atoms. The van der Waals surface area contributed by atoms with Crippen molar-refractivity contribution in [2.45, 2.75) is 44.6 Å². The van der Waals surface area contributed by atoms with Crippen LogP contribution in [0.1, 0.15) is 33.6 Å². The fourth-order valence-corrected chi connectivity index (χ4v) is 4.05. The number of nitrogens with one attached hydrogen (secondary N) is 1. The molecule has 3 N–H and O–H groups in total. The van der Waals surface area contributed by atoms with Gasteiger partial charge in [-0.05, 0) is 30.8 Å². The number of nitrogens with two attached hydrogens (primary N) is 1. The topological polar surface area (TPSA) is 88.3 Å². The van der Waals surface area contributed by atoms with Gasteiger partial charge in [-0.15, -0.1) is 0 Å². The standard InChI is InChI=1S/C12H24N4O2S2/c1-6-8(2)7-9(3)14-12-10(11(13)15-19-12)20(17,18)16(4)5/h8-9,14H,6-7H2,1-5H3,(H2,13,15). The summed E-state index contributed by atoms with van der Waals surface area (Å²) >= 11 is 1.09. The second-order valence-corrected chi connectivity index (χ2v) is 8.17. The molecule has 0 amide bonds. The van der Waals surface area contributed by atoms with Gasteiger partial charge in [-0.3, -0.25) is 0 Å². The molecule has 1 heterocycles. The van der Waals surface area contributed by atoms with E-state index in [0.717, 1.165) is 28.7 Å². The largest absolute Gasteiger partial charge is 0.382 e. The van der Waals surface area contributed by atoms with Gasteiger partial charge in [0.05, 0.1) is 0 Å². The Hall–Kier alpha value is -0.860. The minimum absolute atomic E-state index is 0.0574. The van der Waals surface area contributed by atoms with Gasteiger partial charge in [0.25, 0.3) is 0 Å². The first-order chi connectivity index (χ1) is 9.20. The Bertz CT molecular complexity index is 540. The quantitative estimate of drug-likeness (QED) is 0.804. The number of aromatic nitrogens is 1. The van der Waals surface area contributed by atoms with Gasteiger partial charge in [0.1, 0.15) is 5.00 Å². The molecule has 0 spiro atoms. The van der Waals surface area contributed by atoms with Crippen molar-refractivity contribution in [2.24, 2.45) is 5.92 Å². The fourth-order valence-electron chi connectivity index (χ4n) is 1.87. The minimum atomic E-state index is -3.58. The van der Waals surface area contributed by atoms with E-state index >= 15 is 0 Å². The smallest absolute Gasteiger partial charge is 0.249 e. The third-order valence-corrected chi connectivity index (χ3v) is 6.06. The van der Waals surface area contributed by atoms with Crippen molar-refractivity contribution in [1.29, 1.82) is 0 Å². The molecule has 0 aromatic carbocycles. The molecule has 0 aliphatic rings. The van der Waals surface area contributed by atoms with Crippen LogP contribution < -0.4 is 11.1 Å². The molecule has 2 unspecified atom stereocenters. The Kier molecular flexibility index (Phi) is 5.79. The van der Waals surface area contributed by atoms with Gasteiger partial charge in [-0.2, -0.15) is 4.37 Å². The highest BCUT2D eigenvalue weighted by Crippen LogP contribution is 2.33. The molecule has 0 saturated heterocycles. The summed E-state index contributed by atoms with van der Waals surface area (Å²) in [5, 5.41) is 3.75. The van der Waals surface area contributed by atoms with Crippen molar-refractivity contribution >= 4 is 32.4 Å². The number of hydrogen-bond donors (Lipinski definition) is 2. The van der Waals surface area contributed by atoms with Crippen molar-refractivity contribution in [3.8, 4) is 0 Å². The average molecular weight is 320 g/mol. The van der Waals surface area contributed by atoms with E-state index in [1.54, 1.807) is 0 Å². The maximum atomic E-state index is 12.3. The van der Waals surface area contributed by atoms with E-state index in [9.17, 15) is 8.42 Å². The highest BCUT2D eigenvalue weighted by atomic mass is 32.2. The number of nitrogens with zero attached hydrogens (tertiary/aromatic N) is 2. The number of rotatable bonds is 7. The van der Waals surface area contributed by atoms with Gasteiger partial charge in [0, 0.05) is 20.1 Å². The van der Waals surface area contributed by atoms with Crippen LogP contribution in [0.15, 0.2) is 4.90 Å². The molecule has 0 aliphatic carbocycles. The lowest BCUT2D eigenvalue weighted by atomic mass is 10.0. The predicted molar refractivity (Wildman–Crippen MR) is 84.6 cm³/mol. The number of nitrogen functional groups attached to an aromatic ring is 1. The monoisotopic (exact) mass is 320 g/mol. The van der Waals surface area contributed by atoms with Gasteiger partial charge >= 0.3 is 0 Å². The Morgan fingerprint density at radius 3 is 2.50 bits per heavy atom. The van der Waals surface area contributed by atoms with Crippen LogP contribution >= 0.6 is 11.5 Å². The molecule has 0 bridgehead atoms.